The number of carbonyl (C=O) groups excluding carboxylic acids is 1. The highest BCUT2D eigenvalue weighted by Crippen LogP contribution is 2.31. The van der Waals surface area contributed by atoms with Crippen LogP contribution in [-0.4, -0.2) is 58.2 Å². The summed E-state index contributed by atoms with van der Waals surface area (Å²) in [4.78, 5) is 14.5. The van der Waals surface area contributed by atoms with Crippen molar-refractivity contribution in [3.63, 3.8) is 0 Å². The molecule has 0 aromatic heterocycles. The van der Waals surface area contributed by atoms with Crippen LogP contribution in [0.4, 0.5) is 5.69 Å². The Morgan fingerprint density at radius 2 is 1.96 bits per heavy atom. The number of carbonyl (C=O) groups is 1. The average molecular weight is 374 g/mol. The molecule has 1 aromatic rings. The molecule has 2 heterocycles. The van der Waals surface area contributed by atoms with Crippen LogP contribution in [0.15, 0.2) is 18.2 Å². The third kappa shape index (κ3) is 3.68. The molecule has 24 heavy (non-hydrogen) atoms. The average Bonchev–Trinajstić information content (AvgIpc) is 2.97. The van der Waals surface area contributed by atoms with Crippen molar-refractivity contribution in [1.29, 1.82) is 0 Å². The normalized spacial score (nSPS) is 18.0. The molecule has 134 valence electrons. The fourth-order valence-electron chi connectivity index (χ4n) is 3.41. The Labute approximate surface area is 149 Å². The number of hydrogen-bond acceptors (Lipinski definition) is 4. The van der Waals surface area contributed by atoms with E-state index in [-0.39, 0.29) is 24.4 Å². The van der Waals surface area contributed by atoms with Gasteiger partial charge in [-0.25, -0.2) is 8.42 Å². The van der Waals surface area contributed by atoms with Crippen LogP contribution in [-0.2, 0) is 16.4 Å². The van der Waals surface area contributed by atoms with Crippen LogP contribution in [0.1, 0.15) is 28.8 Å². The maximum Gasteiger partial charge on any atom is 0.253 e. The Morgan fingerprint density at radius 3 is 2.58 bits per heavy atom. The predicted octanol–water partition coefficient (Wildman–Crippen LogP) is 1.25. The fraction of sp³-hybridized carbons (Fsp3) is 0.562. The minimum Gasteiger partial charge on any atom is -0.339 e. The quantitative estimate of drug-likeness (QED) is 0.865. The lowest BCUT2D eigenvalue weighted by atomic mass is 10.0. The molecule has 0 radical (unpaired) electrons. The van der Waals surface area contributed by atoms with Gasteiger partial charge in [-0.15, -0.1) is 12.4 Å². The Balaban J connectivity index is 0.00000208. The molecule has 2 aliphatic rings. The van der Waals surface area contributed by atoms with Crippen LogP contribution in [0.5, 0.6) is 0 Å². The smallest absolute Gasteiger partial charge is 0.253 e. The zero-order valence-electron chi connectivity index (χ0n) is 14.0. The molecule has 0 spiro atoms. The van der Waals surface area contributed by atoms with Gasteiger partial charge < -0.3 is 10.2 Å². The molecule has 0 bridgehead atoms. The van der Waals surface area contributed by atoms with E-state index in [1.807, 2.05) is 18.0 Å². The predicted molar refractivity (Wildman–Crippen MR) is 97.6 cm³/mol. The summed E-state index contributed by atoms with van der Waals surface area (Å²) in [7, 11) is -1.40. The first kappa shape index (κ1) is 19.0. The topological polar surface area (TPSA) is 69.7 Å². The maximum absolute atomic E-state index is 12.7. The first-order valence-corrected chi connectivity index (χ1v) is 9.81. The number of anilines is 1. The summed E-state index contributed by atoms with van der Waals surface area (Å²) in [6.45, 7) is 2.33. The molecule has 3 rings (SSSR count). The Hall–Kier alpha value is -1.31. The molecule has 1 saturated heterocycles. The molecule has 0 unspecified atom stereocenters. The second-order valence-corrected chi connectivity index (χ2v) is 8.23. The molecule has 1 fully saturated rings. The van der Waals surface area contributed by atoms with Crippen LogP contribution in [0, 0.1) is 0 Å². The monoisotopic (exact) mass is 373 g/mol. The minimum absolute atomic E-state index is 0. The number of nitrogens with zero attached hydrogens (tertiary/aromatic N) is 2. The molecule has 0 atom stereocenters. The van der Waals surface area contributed by atoms with Gasteiger partial charge in [-0.1, -0.05) is 0 Å². The van der Waals surface area contributed by atoms with E-state index in [0.717, 1.165) is 31.5 Å². The van der Waals surface area contributed by atoms with Crippen molar-refractivity contribution in [2.75, 3.05) is 37.2 Å². The van der Waals surface area contributed by atoms with Gasteiger partial charge in [0.05, 0.1) is 11.9 Å². The van der Waals surface area contributed by atoms with Gasteiger partial charge in [-0.05, 0) is 56.1 Å². The van der Waals surface area contributed by atoms with Crippen molar-refractivity contribution >= 4 is 34.0 Å². The lowest BCUT2D eigenvalue weighted by Crippen LogP contribution is -2.43. The van der Waals surface area contributed by atoms with Gasteiger partial charge in [0.2, 0.25) is 10.0 Å². The number of nitrogens with one attached hydrogen (secondary N) is 1. The molecule has 0 aliphatic carbocycles. The lowest BCUT2D eigenvalue weighted by molar-refractivity contribution is 0.0703. The second kappa shape index (κ2) is 7.29. The summed E-state index contributed by atoms with van der Waals surface area (Å²) in [5.41, 5.74) is 2.27. The number of fused-ring (bicyclic) bond motifs is 1. The van der Waals surface area contributed by atoms with Crippen molar-refractivity contribution in [2.45, 2.75) is 25.3 Å². The highest BCUT2D eigenvalue weighted by Gasteiger charge is 2.28. The summed E-state index contributed by atoms with van der Waals surface area (Å²) < 4.78 is 25.0. The summed E-state index contributed by atoms with van der Waals surface area (Å²) in [5.74, 6) is 0.0116. The number of hydrogen-bond donors (Lipinski definition) is 1. The molecule has 1 N–H and O–H groups in total. The Bertz CT molecular complexity index is 717. The third-order valence-electron chi connectivity index (χ3n) is 4.76. The van der Waals surface area contributed by atoms with Crippen molar-refractivity contribution in [3.05, 3.63) is 29.3 Å². The van der Waals surface area contributed by atoms with E-state index < -0.39 is 10.0 Å². The Kier molecular flexibility index (Phi) is 5.78. The van der Waals surface area contributed by atoms with Gasteiger partial charge in [-0.2, -0.15) is 0 Å². The largest absolute Gasteiger partial charge is 0.339 e. The molecular formula is C16H24ClN3O3S. The molecule has 0 saturated carbocycles. The lowest BCUT2D eigenvalue weighted by Gasteiger charge is -2.31. The van der Waals surface area contributed by atoms with E-state index in [1.54, 1.807) is 12.1 Å². The van der Waals surface area contributed by atoms with E-state index in [1.165, 1.54) is 10.6 Å². The maximum atomic E-state index is 12.7. The SMILES string of the molecule is CN(C(=O)c1ccc2c(c1)CCN2S(C)(=O)=O)C1CCNCC1.Cl. The zero-order valence-corrected chi connectivity index (χ0v) is 15.6. The number of rotatable bonds is 3. The highest BCUT2D eigenvalue weighted by atomic mass is 35.5. The van der Waals surface area contributed by atoms with E-state index in [0.29, 0.717) is 24.2 Å². The van der Waals surface area contributed by atoms with Gasteiger partial charge >= 0.3 is 0 Å². The summed E-state index contributed by atoms with van der Waals surface area (Å²) in [5, 5.41) is 3.30. The first-order valence-electron chi connectivity index (χ1n) is 7.96. The second-order valence-electron chi connectivity index (χ2n) is 6.33. The van der Waals surface area contributed by atoms with Gasteiger partial charge in [0, 0.05) is 25.2 Å². The van der Waals surface area contributed by atoms with Crippen molar-refractivity contribution in [1.82, 2.24) is 10.2 Å². The molecule has 8 heteroatoms. The summed E-state index contributed by atoms with van der Waals surface area (Å²) >= 11 is 0. The standard InChI is InChI=1S/C16H23N3O3S.ClH/c1-18(14-5-8-17-9-6-14)16(20)13-3-4-15-12(11-13)7-10-19(15)23(2,21)22;/h3-4,11,14,17H,5-10H2,1-2H3;1H. The number of amides is 1. The van der Waals surface area contributed by atoms with Gasteiger partial charge in [0.1, 0.15) is 0 Å². The van der Waals surface area contributed by atoms with E-state index in [4.69, 9.17) is 0 Å². The number of piperidine rings is 1. The summed E-state index contributed by atoms with van der Waals surface area (Å²) in [6, 6.07) is 5.61. The number of halogens is 1. The zero-order chi connectivity index (χ0) is 16.6. The summed E-state index contributed by atoms with van der Waals surface area (Å²) in [6.07, 6.45) is 3.80. The molecule has 1 aromatic carbocycles. The third-order valence-corrected chi connectivity index (χ3v) is 5.94. The first-order chi connectivity index (χ1) is 10.9. The molecule has 6 nitrogen and oxygen atoms in total. The molecule has 1 amide bonds. The van der Waals surface area contributed by atoms with Crippen LogP contribution in [0.2, 0.25) is 0 Å². The Morgan fingerprint density at radius 1 is 1.29 bits per heavy atom. The van der Waals surface area contributed by atoms with Crippen LogP contribution >= 0.6 is 12.4 Å². The van der Waals surface area contributed by atoms with E-state index in [2.05, 4.69) is 5.32 Å². The fourth-order valence-corrected chi connectivity index (χ4v) is 4.37. The molecular weight excluding hydrogens is 350 g/mol. The van der Waals surface area contributed by atoms with Gasteiger partial charge in [0.15, 0.2) is 0 Å². The number of benzene rings is 1. The van der Waals surface area contributed by atoms with Gasteiger partial charge in [0.25, 0.3) is 5.91 Å². The van der Waals surface area contributed by atoms with E-state index in [9.17, 15) is 13.2 Å². The van der Waals surface area contributed by atoms with Crippen molar-refractivity contribution in [3.8, 4) is 0 Å². The molecule has 2 aliphatic heterocycles. The van der Waals surface area contributed by atoms with Crippen LogP contribution in [0.3, 0.4) is 0 Å². The van der Waals surface area contributed by atoms with Crippen molar-refractivity contribution < 1.29 is 13.2 Å². The van der Waals surface area contributed by atoms with Crippen LogP contribution in [0.25, 0.3) is 0 Å². The van der Waals surface area contributed by atoms with Crippen LogP contribution < -0.4 is 9.62 Å². The number of sulfonamides is 1. The van der Waals surface area contributed by atoms with E-state index >= 15 is 0 Å². The van der Waals surface area contributed by atoms with Crippen molar-refractivity contribution in [2.24, 2.45) is 0 Å². The highest BCUT2D eigenvalue weighted by molar-refractivity contribution is 7.92. The van der Waals surface area contributed by atoms with Gasteiger partial charge in [-0.3, -0.25) is 9.10 Å². The minimum atomic E-state index is -3.25.